The third-order valence-electron chi connectivity index (χ3n) is 8.31. The molecule has 0 saturated carbocycles. The highest BCUT2D eigenvalue weighted by Crippen LogP contribution is 2.47. The van der Waals surface area contributed by atoms with E-state index >= 15 is 0 Å². The highest BCUT2D eigenvalue weighted by atomic mass is 32.1. The monoisotopic (exact) mass is 490 g/mol. The molecule has 2 aliphatic rings. The Hall–Kier alpha value is -3.94. The fourth-order valence-corrected chi connectivity index (χ4v) is 7.83. The summed E-state index contributed by atoms with van der Waals surface area (Å²) in [7, 11) is 0. The zero-order valence-corrected chi connectivity index (χ0v) is 21.3. The maximum atomic E-state index is 2.51. The molecule has 0 spiro atoms. The van der Waals surface area contributed by atoms with Crippen molar-refractivity contribution < 1.29 is 0 Å². The number of thiophene rings is 1. The molecule has 37 heavy (non-hydrogen) atoms. The molecule has 0 fully saturated rings. The number of rotatable bonds is 2. The van der Waals surface area contributed by atoms with E-state index in [-0.39, 0.29) is 0 Å². The zero-order chi connectivity index (χ0) is 24.3. The minimum Gasteiger partial charge on any atom is -0.135 e. The van der Waals surface area contributed by atoms with Crippen molar-refractivity contribution in [3.8, 4) is 11.1 Å². The van der Waals surface area contributed by atoms with Crippen LogP contribution in [0.2, 0.25) is 0 Å². The van der Waals surface area contributed by atoms with Crippen molar-refractivity contribution in [2.75, 3.05) is 0 Å². The highest BCUT2D eigenvalue weighted by molar-refractivity contribution is 7.26. The van der Waals surface area contributed by atoms with E-state index in [1.165, 1.54) is 76.8 Å². The highest BCUT2D eigenvalue weighted by Gasteiger charge is 2.24. The molecule has 0 N–H and O–H groups in total. The van der Waals surface area contributed by atoms with Crippen LogP contribution in [0.15, 0.2) is 121 Å². The van der Waals surface area contributed by atoms with Crippen molar-refractivity contribution in [1.29, 1.82) is 0 Å². The molecule has 1 heterocycles. The molecule has 0 saturated heterocycles. The van der Waals surface area contributed by atoms with E-state index in [2.05, 4.69) is 121 Å². The number of benzene rings is 5. The summed E-state index contributed by atoms with van der Waals surface area (Å²) in [5.41, 5.74) is 5.41. The van der Waals surface area contributed by atoms with E-state index in [9.17, 15) is 0 Å². The Morgan fingerprint density at radius 2 is 1.24 bits per heavy atom. The van der Waals surface area contributed by atoms with Gasteiger partial charge in [-0.25, -0.2) is 0 Å². The van der Waals surface area contributed by atoms with Crippen LogP contribution in [-0.4, -0.2) is 0 Å². The van der Waals surface area contributed by atoms with Crippen LogP contribution in [0.3, 0.4) is 0 Å². The van der Waals surface area contributed by atoms with Crippen molar-refractivity contribution in [3.05, 3.63) is 127 Å². The van der Waals surface area contributed by atoms with Crippen LogP contribution in [0.25, 0.3) is 58.4 Å². The van der Waals surface area contributed by atoms with Gasteiger partial charge in [-0.2, -0.15) is 0 Å². The average molecular weight is 491 g/mol. The molecule has 0 aliphatic heterocycles. The van der Waals surface area contributed by atoms with Gasteiger partial charge in [-0.3, -0.25) is 0 Å². The number of allylic oxidation sites excluding steroid dienone is 6. The maximum absolute atomic E-state index is 2.51. The summed E-state index contributed by atoms with van der Waals surface area (Å²) in [5.74, 6) is 1.13. The van der Waals surface area contributed by atoms with Crippen LogP contribution in [0.5, 0.6) is 0 Å². The number of hydrogen-bond acceptors (Lipinski definition) is 1. The third kappa shape index (κ3) is 3.21. The Kier molecular flexibility index (Phi) is 4.75. The van der Waals surface area contributed by atoms with Gasteiger partial charge in [0.05, 0.1) is 0 Å². The standard InChI is InChI=1S/C36H26S/c1-2-11-24-22-25(21-20-23(24)10-1)34-27-13-3-5-15-29(27)35(30-16-6-4-14-28(30)34)32-18-9-17-31-26-12-7-8-19-33(26)37-36(31)32/h2-9,11-24H,1,10H2. The first kappa shape index (κ1) is 21.2. The SMILES string of the molecule is C1=CC2C=C(c3c4ccccc4c(-c4cccc5c4sc4ccccc45)c4ccccc34)C=CC2CC1. The first-order valence-corrected chi connectivity index (χ1v) is 14.1. The fourth-order valence-electron chi connectivity index (χ4n) is 6.61. The molecule has 1 aromatic heterocycles. The molecule has 0 radical (unpaired) electrons. The summed E-state index contributed by atoms with van der Waals surface area (Å²) in [6.07, 6.45) is 14.6. The summed E-state index contributed by atoms with van der Waals surface area (Å²) >= 11 is 1.91. The van der Waals surface area contributed by atoms with Crippen LogP contribution >= 0.6 is 11.3 Å². The second-order valence-electron chi connectivity index (χ2n) is 10.3. The van der Waals surface area contributed by atoms with Gasteiger partial charge in [-0.05, 0) is 63.1 Å². The molecule has 0 nitrogen and oxygen atoms in total. The van der Waals surface area contributed by atoms with Crippen LogP contribution in [0.1, 0.15) is 18.4 Å². The normalized spacial score (nSPS) is 19.1. The Balaban J connectivity index is 1.48. The smallest absolute Gasteiger partial charge is 0.0434 e. The molecule has 5 aromatic carbocycles. The van der Waals surface area contributed by atoms with Gasteiger partial charge in [0.25, 0.3) is 0 Å². The molecular formula is C36H26S. The lowest BCUT2D eigenvalue weighted by atomic mass is 9.77. The quantitative estimate of drug-likeness (QED) is 0.167. The number of hydrogen-bond donors (Lipinski definition) is 0. The lowest BCUT2D eigenvalue weighted by Gasteiger charge is -2.27. The molecule has 0 bridgehead atoms. The van der Waals surface area contributed by atoms with Gasteiger partial charge in [-0.15, -0.1) is 11.3 Å². The Bertz CT molecular complexity index is 1890. The van der Waals surface area contributed by atoms with E-state index in [0.29, 0.717) is 11.8 Å². The largest absolute Gasteiger partial charge is 0.135 e. The summed E-state index contributed by atoms with van der Waals surface area (Å²) in [6.45, 7) is 0. The lowest BCUT2D eigenvalue weighted by Crippen LogP contribution is -2.14. The van der Waals surface area contributed by atoms with E-state index in [4.69, 9.17) is 0 Å². The second-order valence-corrected chi connectivity index (χ2v) is 11.4. The molecule has 2 atom stereocenters. The van der Waals surface area contributed by atoms with E-state index in [0.717, 1.165) is 0 Å². The summed E-state index contributed by atoms with van der Waals surface area (Å²) in [4.78, 5) is 0. The van der Waals surface area contributed by atoms with Gasteiger partial charge in [0.2, 0.25) is 0 Å². The third-order valence-corrected chi connectivity index (χ3v) is 9.53. The summed E-state index contributed by atoms with van der Waals surface area (Å²) in [6, 6.07) is 33.7. The van der Waals surface area contributed by atoms with E-state index < -0.39 is 0 Å². The topological polar surface area (TPSA) is 0 Å². The van der Waals surface area contributed by atoms with Crippen LogP contribution < -0.4 is 0 Å². The van der Waals surface area contributed by atoms with Gasteiger partial charge < -0.3 is 0 Å². The zero-order valence-electron chi connectivity index (χ0n) is 20.5. The minimum atomic E-state index is 0.498. The van der Waals surface area contributed by atoms with Crippen molar-refractivity contribution >= 4 is 58.6 Å². The first-order valence-electron chi connectivity index (χ1n) is 13.3. The van der Waals surface area contributed by atoms with Gasteiger partial charge in [0, 0.05) is 31.7 Å². The Morgan fingerprint density at radius 1 is 0.595 bits per heavy atom. The van der Waals surface area contributed by atoms with E-state index in [1.807, 2.05) is 11.3 Å². The van der Waals surface area contributed by atoms with Crippen molar-refractivity contribution in [2.45, 2.75) is 12.8 Å². The molecule has 1 heteroatoms. The molecule has 8 rings (SSSR count). The molecule has 6 aromatic rings. The predicted molar refractivity (Wildman–Crippen MR) is 162 cm³/mol. The molecule has 2 aliphatic carbocycles. The Labute approximate surface area is 220 Å². The van der Waals surface area contributed by atoms with E-state index in [1.54, 1.807) is 0 Å². The minimum absolute atomic E-state index is 0.498. The maximum Gasteiger partial charge on any atom is 0.0434 e. The first-order chi connectivity index (χ1) is 18.4. The second kappa shape index (κ2) is 8.30. The average Bonchev–Trinajstić information content (AvgIpc) is 3.35. The van der Waals surface area contributed by atoms with Crippen LogP contribution in [0.4, 0.5) is 0 Å². The Morgan fingerprint density at radius 3 is 2.00 bits per heavy atom. The molecule has 2 unspecified atom stereocenters. The summed E-state index contributed by atoms with van der Waals surface area (Å²) in [5, 5.41) is 8.03. The lowest BCUT2D eigenvalue weighted by molar-refractivity contribution is 0.493. The van der Waals surface area contributed by atoms with Crippen molar-refractivity contribution in [3.63, 3.8) is 0 Å². The fraction of sp³-hybridized carbons (Fsp3) is 0.111. The van der Waals surface area contributed by atoms with Crippen LogP contribution in [-0.2, 0) is 0 Å². The van der Waals surface area contributed by atoms with Crippen molar-refractivity contribution in [1.82, 2.24) is 0 Å². The van der Waals surface area contributed by atoms with Gasteiger partial charge >= 0.3 is 0 Å². The number of fused-ring (bicyclic) bond motifs is 6. The van der Waals surface area contributed by atoms with Gasteiger partial charge in [-0.1, -0.05) is 115 Å². The molecular weight excluding hydrogens is 464 g/mol. The van der Waals surface area contributed by atoms with Gasteiger partial charge in [0.1, 0.15) is 0 Å². The molecule has 176 valence electrons. The predicted octanol–water partition coefficient (Wildman–Crippen LogP) is 10.6. The molecule has 0 amide bonds. The van der Waals surface area contributed by atoms with Gasteiger partial charge in [0.15, 0.2) is 0 Å². The summed E-state index contributed by atoms with van der Waals surface area (Å²) < 4.78 is 2.72. The van der Waals surface area contributed by atoms with Crippen molar-refractivity contribution in [2.24, 2.45) is 11.8 Å². The van der Waals surface area contributed by atoms with Crippen LogP contribution in [0, 0.1) is 11.8 Å².